The molecule has 2 fully saturated rings. The van der Waals surface area contributed by atoms with Gasteiger partial charge in [0.05, 0.1) is 23.2 Å². The van der Waals surface area contributed by atoms with E-state index in [1.165, 1.54) is 0 Å². The average Bonchev–Trinajstić information content (AvgIpc) is 2.51. The largest absolute Gasteiger partial charge is 0.374 e. The van der Waals surface area contributed by atoms with Crippen LogP contribution < -0.4 is 5.32 Å². The van der Waals surface area contributed by atoms with Gasteiger partial charge < -0.3 is 15.0 Å². The number of hydrogen-bond donors (Lipinski definition) is 1. The molecule has 0 aromatic carbocycles. The molecule has 2 aliphatic heterocycles. The Hall–Kier alpha value is -0.130. The van der Waals surface area contributed by atoms with Crippen LogP contribution in [0, 0.1) is 5.92 Å². The second kappa shape index (κ2) is 9.88. The first-order valence-electron chi connectivity index (χ1n) is 9.16. The van der Waals surface area contributed by atoms with Crippen molar-refractivity contribution in [2.24, 2.45) is 10.9 Å². The second-order valence-corrected chi connectivity index (χ2v) is 10.8. The number of nitrogens with one attached hydrogen (secondary N) is 1. The SMILES string of the molecule is CN=C(NCC1CN(CC(C)C)CCO1)N1CCS(=O)(=O)C(C)(C)C1.I. The first kappa shape index (κ1) is 23.9. The number of aliphatic imine (C=N–C) groups is 1. The van der Waals surface area contributed by atoms with Gasteiger partial charge in [0.15, 0.2) is 15.8 Å². The molecule has 0 aliphatic carbocycles. The summed E-state index contributed by atoms with van der Waals surface area (Å²) >= 11 is 0. The van der Waals surface area contributed by atoms with Gasteiger partial charge >= 0.3 is 0 Å². The van der Waals surface area contributed by atoms with E-state index in [1.807, 2.05) is 4.90 Å². The minimum absolute atomic E-state index is 0. The van der Waals surface area contributed by atoms with Gasteiger partial charge in [-0.1, -0.05) is 13.8 Å². The number of hydrogen-bond acceptors (Lipinski definition) is 5. The van der Waals surface area contributed by atoms with Crippen molar-refractivity contribution in [2.45, 2.75) is 38.5 Å². The number of rotatable bonds is 4. The van der Waals surface area contributed by atoms with Crippen LogP contribution in [0.15, 0.2) is 4.99 Å². The lowest BCUT2D eigenvalue weighted by Gasteiger charge is -2.40. The minimum atomic E-state index is -3.05. The smallest absolute Gasteiger partial charge is 0.193 e. The normalized spacial score (nSPS) is 26.5. The van der Waals surface area contributed by atoms with E-state index < -0.39 is 14.6 Å². The highest BCUT2D eigenvalue weighted by Gasteiger charge is 2.41. The maximum absolute atomic E-state index is 12.2. The summed E-state index contributed by atoms with van der Waals surface area (Å²) in [5.74, 6) is 1.58. The van der Waals surface area contributed by atoms with Gasteiger partial charge in [-0.05, 0) is 19.8 Å². The summed E-state index contributed by atoms with van der Waals surface area (Å²) in [6.45, 7) is 13.4. The van der Waals surface area contributed by atoms with Gasteiger partial charge in [0.2, 0.25) is 0 Å². The molecule has 0 aromatic rings. The van der Waals surface area contributed by atoms with Crippen LogP contribution in [0.2, 0.25) is 0 Å². The van der Waals surface area contributed by atoms with E-state index in [2.05, 4.69) is 29.1 Å². The number of guanidine groups is 1. The summed E-state index contributed by atoms with van der Waals surface area (Å²) in [6.07, 6.45) is 0.130. The number of morpholine rings is 1. The third kappa shape index (κ3) is 6.20. The summed E-state index contributed by atoms with van der Waals surface area (Å²) in [4.78, 5) is 8.83. The Morgan fingerprint density at radius 3 is 2.62 bits per heavy atom. The highest BCUT2D eigenvalue weighted by molar-refractivity contribution is 14.0. The van der Waals surface area contributed by atoms with Crippen molar-refractivity contribution >= 4 is 39.8 Å². The van der Waals surface area contributed by atoms with Crippen LogP contribution in [-0.2, 0) is 14.6 Å². The van der Waals surface area contributed by atoms with Crippen LogP contribution in [0.5, 0.6) is 0 Å². The number of nitrogens with zero attached hydrogens (tertiary/aromatic N) is 3. The van der Waals surface area contributed by atoms with Gasteiger partial charge in [-0.3, -0.25) is 9.89 Å². The van der Waals surface area contributed by atoms with Gasteiger partial charge in [-0.2, -0.15) is 0 Å². The van der Waals surface area contributed by atoms with E-state index in [4.69, 9.17) is 4.74 Å². The van der Waals surface area contributed by atoms with Crippen molar-refractivity contribution in [3.8, 4) is 0 Å². The van der Waals surface area contributed by atoms with Crippen LogP contribution in [-0.4, -0.2) is 93.7 Å². The molecule has 154 valence electrons. The van der Waals surface area contributed by atoms with Crippen LogP contribution in [0.3, 0.4) is 0 Å². The number of ether oxygens (including phenoxy) is 1. The molecule has 2 heterocycles. The Bertz CT molecular complexity index is 581. The Kier molecular flexibility index (Phi) is 9.09. The maximum Gasteiger partial charge on any atom is 0.193 e. The zero-order valence-corrected chi connectivity index (χ0v) is 19.8. The third-order valence-electron chi connectivity index (χ3n) is 4.89. The molecular weight excluding hydrogens is 467 g/mol. The maximum atomic E-state index is 12.2. The molecule has 2 saturated heterocycles. The lowest BCUT2D eigenvalue weighted by atomic mass is 10.2. The molecule has 0 spiro atoms. The summed E-state index contributed by atoms with van der Waals surface area (Å²) in [5.41, 5.74) is 0. The third-order valence-corrected chi connectivity index (χ3v) is 7.42. The fraction of sp³-hybridized carbons (Fsp3) is 0.941. The highest BCUT2D eigenvalue weighted by atomic mass is 127. The molecule has 0 aromatic heterocycles. The van der Waals surface area contributed by atoms with E-state index >= 15 is 0 Å². The molecule has 9 heteroatoms. The number of sulfone groups is 1. The summed E-state index contributed by atoms with van der Waals surface area (Å²) in [6, 6.07) is 0. The minimum Gasteiger partial charge on any atom is -0.374 e. The van der Waals surface area contributed by atoms with Crippen molar-refractivity contribution in [1.29, 1.82) is 0 Å². The Labute approximate surface area is 175 Å². The van der Waals surface area contributed by atoms with Crippen molar-refractivity contribution in [3.63, 3.8) is 0 Å². The van der Waals surface area contributed by atoms with Crippen molar-refractivity contribution in [1.82, 2.24) is 15.1 Å². The van der Waals surface area contributed by atoms with Crippen LogP contribution in [0.25, 0.3) is 0 Å². The van der Waals surface area contributed by atoms with Crippen molar-refractivity contribution in [3.05, 3.63) is 0 Å². The first-order valence-corrected chi connectivity index (χ1v) is 10.8. The topological polar surface area (TPSA) is 74.2 Å². The van der Waals surface area contributed by atoms with Gasteiger partial charge in [0, 0.05) is 46.3 Å². The molecule has 0 amide bonds. The molecule has 1 N–H and O–H groups in total. The van der Waals surface area contributed by atoms with E-state index in [0.29, 0.717) is 25.6 Å². The second-order valence-electron chi connectivity index (χ2n) is 8.07. The van der Waals surface area contributed by atoms with Crippen LogP contribution in [0.1, 0.15) is 27.7 Å². The zero-order chi connectivity index (χ0) is 18.7. The van der Waals surface area contributed by atoms with Gasteiger partial charge in [0.1, 0.15) is 0 Å². The fourth-order valence-electron chi connectivity index (χ4n) is 3.45. The Balaban J connectivity index is 0.00000338. The first-order chi connectivity index (χ1) is 11.6. The van der Waals surface area contributed by atoms with Crippen molar-refractivity contribution in [2.75, 3.05) is 58.7 Å². The van der Waals surface area contributed by atoms with Gasteiger partial charge in [-0.25, -0.2) is 8.42 Å². The fourth-order valence-corrected chi connectivity index (χ4v) is 4.81. The monoisotopic (exact) mass is 502 g/mol. The lowest BCUT2D eigenvalue weighted by molar-refractivity contribution is -0.0286. The molecular formula is C17H35IN4O3S. The van der Waals surface area contributed by atoms with E-state index in [0.717, 1.165) is 32.2 Å². The summed E-state index contributed by atoms with van der Waals surface area (Å²) < 4.78 is 29.5. The molecule has 2 rings (SSSR count). The quantitative estimate of drug-likeness (QED) is 0.352. The van der Waals surface area contributed by atoms with Crippen molar-refractivity contribution < 1.29 is 13.2 Å². The van der Waals surface area contributed by atoms with Gasteiger partial charge in [-0.15, -0.1) is 24.0 Å². The molecule has 1 atom stereocenters. The van der Waals surface area contributed by atoms with Gasteiger partial charge in [0.25, 0.3) is 0 Å². The predicted molar refractivity (Wildman–Crippen MR) is 117 cm³/mol. The lowest BCUT2D eigenvalue weighted by Crippen LogP contribution is -2.58. The highest BCUT2D eigenvalue weighted by Crippen LogP contribution is 2.23. The average molecular weight is 502 g/mol. The number of halogens is 1. The van der Waals surface area contributed by atoms with E-state index in [1.54, 1.807) is 20.9 Å². The molecule has 0 saturated carbocycles. The summed E-state index contributed by atoms with van der Waals surface area (Å²) in [7, 11) is -1.30. The van der Waals surface area contributed by atoms with Crippen LogP contribution in [0.4, 0.5) is 0 Å². The Morgan fingerprint density at radius 2 is 2.04 bits per heavy atom. The molecule has 0 radical (unpaired) electrons. The Morgan fingerprint density at radius 1 is 1.35 bits per heavy atom. The molecule has 2 aliphatic rings. The zero-order valence-electron chi connectivity index (χ0n) is 16.7. The van der Waals surface area contributed by atoms with E-state index in [9.17, 15) is 8.42 Å². The van der Waals surface area contributed by atoms with E-state index in [-0.39, 0.29) is 35.8 Å². The predicted octanol–water partition coefficient (Wildman–Crippen LogP) is 1.05. The molecule has 1 unspecified atom stereocenters. The molecule has 7 nitrogen and oxygen atoms in total. The van der Waals surface area contributed by atoms with Crippen LogP contribution >= 0.6 is 24.0 Å². The summed E-state index contributed by atoms with van der Waals surface area (Å²) in [5, 5.41) is 3.38. The molecule has 26 heavy (non-hydrogen) atoms. The molecule has 0 bridgehead atoms. The standard InChI is InChI=1S/C17H34N4O3S.HI/c1-14(2)11-20-6-8-24-15(12-20)10-19-16(18-5)21-7-9-25(22,23)17(3,4)13-21;/h14-15H,6-13H2,1-5H3,(H,18,19);1H.